The third kappa shape index (κ3) is 4.52. The van der Waals surface area contributed by atoms with Gasteiger partial charge in [-0.25, -0.2) is 19.0 Å². The first kappa shape index (κ1) is 24.7. The minimum Gasteiger partial charge on any atom is -0.336 e. The third-order valence-corrected chi connectivity index (χ3v) is 7.19. The number of hydrogen-bond acceptors (Lipinski definition) is 7. The zero-order valence-corrected chi connectivity index (χ0v) is 21.8. The molecular weight excluding hydrogens is 522 g/mol. The summed E-state index contributed by atoms with van der Waals surface area (Å²) in [6, 6.07) is 6.44. The van der Waals surface area contributed by atoms with Crippen LogP contribution in [0.25, 0.3) is 55.3 Å². The van der Waals surface area contributed by atoms with E-state index in [4.69, 9.17) is 0 Å². The lowest BCUT2D eigenvalue weighted by molar-refractivity contribution is -0.116. The molecular formula is C27H22F2N8OS. The van der Waals surface area contributed by atoms with E-state index in [2.05, 4.69) is 35.3 Å². The van der Waals surface area contributed by atoms with Crippen molar-refractivity contribution in [2.75, 3.05) is 5.32 Å². The summed E-state index contributed by atoms with van der Waals surface area (Å²) in [4.78, 5) is 33.7. The monoisotopic (exact) mass is 544 g/mol. The molecule has 6 heterocycles. The minimum atomic E-state index is -0.543. The number of rotatable bonds is 7. The highest BCUT2D eigenvalue weighted by molar-refractivity contribution is 7.13. The fraction of sp³-hybridized carbons (Fsp3) is 0.185. The first-order chi connectivity index (χ1) is 18.9. The van der Waals surface area contributed by atoms with Gasteiger partial charge in [0.15, 0.2) is 16.6 Å². The van der Waals surface area contributed by atoms with Gasteiger partial charge in [-0.05, 0) is 30.7 Å². The largest absolute Gasteiger partial charge is 0.336 e. The van der Waals surface area contributed by atoms with Crippen LogP contribution in [0.1, 0.15) is 26.2 Å². The highest BCUT2D eigenvalue weighted by Gasteiger charge is 2.23. The lowest BCUT2D eigenvalue weighted by atomic mass is 10.1. The number of anilines is 1. The molecule has 0 aromatic carbocycles. The number of unbranched alkanes of at least 4 members (excludes halogenated alkanes) is 1. The van der Waals surface area contributed by atoms with Gasteiger partial charge >= 0.3 is 0 Å². The minimum absolute atomic E-state index is 0.122. The molecule has 0 aliphatic rings. The second-order valence-corrected chi connectivity index (χ2v) is 10.0. The molecule has 2 N–H and O–H groups in total. The predicted octanol–water partition coefficient (Wildman–Crippen LogP) is 6.10. The number of aryl methyl sites for hydroxylation is 1. The molecule has 0 aliphatic heterocycles. The van der Waals surface area contributed by atoms with Gasteiger partial charge in [0.1, 0.15) is 22.7 Å². The molecule has 6 aromatic rings. The molecule has 0 radical (unpaired) electrons. The third-order valence-electron chi connectivity index (χ3n) is 6.31. The molecule has 0 unspecified atom stereocenters. The number of aromatic nitrogens is 7. The predicted molar refractivity (Wildman–Crippen MR) is 146 cm³/mol. The van der Waals surface area contributed by atoms with Crippen LogP contribution in [0, 0.1) is 10.9 Å². The zero-order valence-electron chi connectivity index (χ0n) is 21.0. The summed E-state index contributed by atoms with van der Waals surface area (Å²) >= 11 is 0.973. The highest BCUT2D eigenvalue weighted by atomic mass is 32.1. The quantitative estimate of drug-likeness (QED) is 0.251. The maximum Gasteiger partial charge on any atom is 0.224 e. The smallest absolute Gasteiger partial charge is 0.224 e. The fourth-order valence-electron chi connectivity index (χ4n) is 4.44. The number of thiophene rings is 1. The van der Waals surface area contributed by atoms with Crippen molar-refractivity contribution in [2.24, 2.45) is 7.05 Å². The van der Waals surface area contributed by atoms with Gasteiger partial charge in [-0.1, -0.05) is 13.3 Å². The van der Waals surface area contributed by atoms with E-state index in [0.717, 1.165) is 24.2 Å². The number of carbonyl (C=O) groups excluding carboxylic acids is 1. The number of fused-ring (bicyclic) bond motifs is 2. The maximum absolute atomic E-state index is 16.2. The van der Waals surface area contributed by atoms with E-state index in [0.29, 0.717) is 50.7 Å². The van der Waals surface area contributed by atoms with Gasteiger partial charge in [0.05, 0.1) is 27.7 Å². The van der Waals surface area contributed by atoms with Gasteiger partial charge in [0.25, 0.3) is 0 Å². The Morgan fingerprint density at radius 1 is 1.13 bits per heavy atom. The fourth-order valence-corrected chi connectivity index (χ4v) is 5.16. The van der Waals surface area contributed by atoms with E-state index in [1.54, 1.807) is 31.4 Å². The van der Waals surface area contributed by atoms with E-state index in [-0.39, 0.29) is 27.7 Å². The van der Waals surface area contributed by atoms with Crippen LogP contribution in [0.4, 0.5) is 14.5 Å². The summed E-state index contributed by atoms with van der Waals surface area (Å²) in [6.07, 6.45) is 8.16. The average Bonchev–Trinajstić information content (AvgIpc) is 3.64. The van der Waals surface area contributed by atoms with Crippen LogP contribution in [-0.2, 0) is 11.8 Å². The molecule has 1 amide bonds. The van der Waals surface area contributed by atoms with Gasteiger partial charge in [0.2, 0.25) is 5.91 Å². The molecule has 0 bridgehead atoms. The van der Waals surface area contributed by atoms with Crippen molar-refractivity contribution < 1.29 is 13.6 Å². The van der Waals surface area contributed by atoms with Crippen LogP contribution in [0.3, 0.4) is 0 Å². The Balaban J connectivity index is 1.44. The molecule has 0 atom stereocenters. The van der Waals surface area contributed by atoms with Crippen molar-refractivity contribution in [1.82, 2.24) is 34.7 Å². The molecule has 0 saturated carbocycles. The van der Waals surface area contributed by atoms with E-state index in [1.165, 1.54) is 29.3 Å². The summed E-state index contributed by atoms with van der Waals surface area (Å²) in [5.41, 5.74) is 3.45. The number of halogens is 2. The lowest BCUT2D eigenvalue weighted by Crippen LogP contribution is -2.11. The molecule has 0 saturated heterocycles. The average molecular weight is 545 g/mol. The van der Waals surface area contributed by atoms with Crippen molar-refractivity contribution >= 4 is 45.0 Å². The number of nitrogens with zero attached hydrogens (tertiary/aromatic N) is 6. The van der Waals surface area contributed by atoms with Crippen molar-refractivity contribution in [3.05, 3.63) is 60.0 Å². The van der Waals surface area contributed by atoms with Crippen molar-refractivity contribution in [2.45, 2.75) is 26.2 Å². The Bertz CT molecular complexity index is 1860. The van der Waals surface area contributed by atoms with Crippen LogP contribution in [0.2, 0.25) is 0 Å². The SMILES string of the molecule is CCCCC(=O)Nc1cncc(-c2cnc3c(c(-c4nc5c(-c6ccc(F)s6)nccc5[nH]4)nn3C)c2F)c1. The number of hydrogen-bond donors (Lipinski definition) is 2. The maximum atomic E-state index is 16.2. The van der Waals surface area contributed by atoms with Crippen LogP contribution in [0.5, 0.6) is 0 Å². The molecule has 6 rings (SSSR count). The molecule has 39 heavy (non-hydrogen) atoms. The van der Waals surface area contributed by atoms with Crippen LogP contribution >= 0.6 is 11.3 Å². The molecule has 196 valence electrons. The summed E-state index contributed by atoms with van der Waals surface area (Å²) in [6.45, 7) is 2.01. The summed E-state index contributed by atoms with van der Waals surface area (Å²) in [7, 11) is 1.68. The molecule has 6 aromatic heterocycles. The lowest BCUT2D eigenvalue weighted by Gasteiger charge is -2.08. The van der Waals surface area contributed by atoms with E-state index in [9.17, 15) is 9.18 Å². The number of carbonyl (C=O) groups is 1. The number of pyridine rings is 3. The number of aromatic amines is 1. The van der Waals surface area contributed by atoms with E-state index in [1.807, 2.05) is 6.92 Å². The number of H-pyrrole nitrogens is 1. The second-order valence-electron chi connectivity index (χ2n) is 9.02. The van der Waals surface area contributed by atoms with Gasteiger partial charge < -0.3 is 10.3 Å². The zero-order chi connectivity index (χ0) is 27.1. The summed E-state index contributed by atoms with van der Waals surface area (Å²) < 4.78 is 31.4. The van der Waals surface area contributed by atoms with Crippen LogP contribution in [-0.4, -0.2) is 40.6 Å². The molecule has 0 aliphatic carbocycles. The van der Waals surface area contributed by atoms with Gasteiger partial charge in [-0.3, -0.25) is 14.8 Å². The Hall–Kier alpha value is -4.58. The Labute approximate surface area is 225 Å². The molecule has 0 fully saturated rings. The number of imidazole rings is 1. The Kier molecular flexibility index (Phi) is 6.31. The molecule has 0 spiro atoms. The van der Waals surface area contributed by atoms with E-state index < -0.39 is 5.82 Å². The number of amides is 1. The Morgan fingerprint density at radius 2 is 2.00 bits per heavy atom. The number of nitrogens with one attached hydrogen (secondary N) is 2. The summed E-state index contributed by atoms with van der Waals surface area (Å²) in [5, 5.41) is 7.19. The van der Waals surface area contributed by atoms with Gasteiger partial charge in [-0.2, -0.15) is 9.49 Å². The van der Waals surface area contributed by atoms with Crippen LogP contribution < -0.4 is 5.32 Å². The van der Waals surface area contributed by atoms with Gasteiger partial charge in [0, 0.05) is 43.2 Å². The van der Waals surface area contributed by atoms with E-state index >= 15 is 4.39 Å². The first-order valence-electron chi connectivity index (χ1n) is 12.3. The van der Waals surface area contributed by atoms with Crippen molar-refractivity contribution in [3.8, 4) is 33.2 Å². The van der Waals surface area contributed by atoms with Crippen molar-refractivity contribution in [1.29, 1.82) is 0 Å². The topological polar surface area (TPSA) is 114 Å². The molecule has 9 nitrogen and oxygen atoms in total. The van der Waals surface area contributed by atoms with Crippen LogP contribution in [0.15, 0.2) is 49.1 Å². The Morgan fingerprint density at radius 3 is 2.79 bits per heavy atom. The van der Waals surface area contributed by atoms with Gasteiger partial charge in [-0.15, -0.1) is 11.3 Å². The highest BCUT2D eigenvalue weighted by Crippen LogP contribution is 2.36. The standard InChI is InChI=1S/C27H22F2N8OS/c1-3-4-5-20(38)33-15-10-14(11-30-12-15)16-13-32-27-21(22(16)29)25(36-37(27)2)26-34-17-8-9-31-24(23(17)35-26)18-6-7-19(28)39-18/h6-13H,3-5H2,1-2H3,(H,33,38)(H,34,35). The summed E-state index contributed by atoms with van der Waals surface area (Å²) in [5.74, 6) is -0.336. The van der Waals surface area contributed by atoms with Crippen molar-refractivity contribution in [3.63, 3.8) is 0 Å². The second kappa shape index (κ2) is 9.95. The normalized spacial score (nSPS) is 11.5. The molecule has 12 heteroatoms. The first-order valence-corrected chi connectivity index (χ1v) is 13.1.